The van der Waals surface area contributed by atoms with E-state index in [2.05, 4.69) is 36.2 Å². The lowest BCUT2D eigenvalue weighted by Gasteiger charge is -2.07. The van der Waals surface area contributed by atoms with E-state index in [0.717, 1.165) is 16.6 Å². The number of nitrogen functional groups attached to an aromatic ring is 1. The third-order valence-electron chi connectivity index (χ3n) is 3.00. The van der Waals surface area contributed by atoms with Gasteiger partial charge in [0.15, 0.2) is 5.13 Å². The Morgan fingerprint density at radius 1 is 1.11 bits per heavy atom. The van der Waals surface area contributed by atoms with Gasteiger partial charge in [-0.15, -0.1) is 0 Å². The Bertz CT molecular complexity index is 734. The van der Waals surface area contributed by atoms with E-state index >= 15 is 0 Å². The van der Waals surface area contributed by atoms with E-state index in [9.17, 15) is 0 Å². The second-order valence-corrected chi connectivity index (χ2v) is 5.78. The molecule has 4 heteroatoms. The third kappa shape index (κ3) is 1.76. The van der Waals surface area contributed by atoms with Gasteiger partial charge in [-0.1, -0.05) is 59.3 Å². The number of hydrogen-bond donors (Lipinski definition) is 1. The number of halogens is 1. The van der Waals surface area contributed by atoms with E-state index in [-0.39, 0.29) is 0 Å². The van der Waals surface area contributed by atoms with Gasteiger partial charge in [0.05, 0.1) is 0 Å². The van der Waals surface area contributed by atoms with Crippen LogP contribution in [0.1, 0.15) is 5.56 Å². The van der Waals surface area contributed by atoms with E-state index in [1.807, 2.05) is 12.1 Å². The van der Waals surface area contributed by atoms with Crippen molar-refractivity contribution in [2.24, 2.45) is 0 Å². The Morgan fingerprint density at radius 3 is 2.50 bits per heavy atom. The first kappa shape index (κ1) is 11.5. The highest BCUT2D eigenvalue weighted by Gasteiger charge is 2.13. The second-order valence-electron chi connectivity index (χ2n) is 4.15. The lowest BCUT2D eigenvalue weighted by Crippen LogP contribution is -1.86. The summed E-state index contributed by atoms with van der Waals surface area (Å²) in [5.41, 5.74) is 8.77. The molecule has 2 N–H and O–H groups in total. The van der Waals surface area contributed by atoms with Crippen molar-refractivity contribution in [3.8, 4) is 11.3 Å². The molecule has 0 aliphatic heterocycles. The highest BCUT2D eigenvalue weighted by atomic mass is 35.5. The SMILES string of the molecule is Cc1ccc(-c2nc(N)sc2Cl)c2ccccc12. The highest BCUT2D eigenvalue weighted by Crippen LogP contribution is 2.37. The molecule has 0 aliphatic carbocycles. The number of nitrogens with zero attached hydrogens (tertiary/aromatic N) is 1. The second kappa shape index (κ2) is 4.26. The molecule has 0 bridgehead atoms. The van der Waals surface area contributed by atoms with E-state index in [1.165, 1.54) is 22.3 Å². The first-order chi connectivity index (χ1) is 8.66. The maximum Gasteiger partial charge on any atom is 0.182 e. The van der Waals surface area contributed by atoms with E-state index in [0.29, 0.717) is 9.47 Å². The maximum atomic E-state index is 6.20. The van der Waals surface area contributed by atoms with Crippen LogP contribution in [-0.2, 0) is 0 Å². The molecule has 0 unspecified atom stereocenters. The fourth-order valence-electron chi connectivity index (χ4n) is 2.14. The molecule has 0 atom stereocenters. The van der Waals surface area contributed by atoms with Crippen molar-refractivity contribution in [2.45, 2.75) is 6.92 Å². The van der Waals surface area contributed by atoms with Crippen LogP contribution in [-0.4, -0.2) is 4.98 Å². The number of anilines is 1. The molecular weight excluding hydrogens is 264 g/mol. The monoisotopic (exact) mass is 274 g/mol. The minimum absolute atomic E-state index is 0.500. The summed E-state index contributed by atoms with van der Waals surface area (Å²) in [6, 6.07) is 12.4. The van der Waals surface area contributed by atoms with Crippen LogP contribution >= 0.6 is 22.9 Å². The topological polar surface area (TPSA) is 38.9 Å². The largest absolute Gasteiger partial charge is 0.375 e. The summed E-state index contributed by atoms with van der Waals surface area (Å²) in [5, 5.41) is 2.88. The van der Waals surface area contributed by atoms with Crippen LogP contribution in [0.25, 0.3) is 22.0 Å². The number of benzene rings is 2. The number of thiazole rings is 1. The maximum absolute atomic E-state index is 6.20. The molecule has 0 aliphatic rings. The van der Waals surface area contributed by atoms with Crippen LogP contribution in [0.3, 0.4) is 0 Å². The molecule has 0 amide bonds. The molecule has 18 heavy (non-hydrogen) atoms. The number of nitrogens with two attached hydrogens (primary N) is 1. The van der Waals surface area contributed by atoms with Crippen molar-refractivity contribution in [3.05, 3.63) is 46.3 Å². The molecule has 0 radical (unpaired) electrons. The van der Waals surface area contributed by atoms with Crippen molar-refractivity contribution in [2.75, 3.05) is 5.73 Å². The molecule has 90 valence electrons. The summed E-state index contributed by atoms with van der Waals surface area (Å²) in [4.78, 5) is 4.32. The molecule has 2 aromatic carbocycles. The zero-order valence-corrected chi connectivity index (χ0v) is 11.3. The molecule has 1 heterocycles. The summed E-state index contributed by atoms with van der Waals surface area (Å²) >= 11 is 7.50. The Labute approximate surface area is 114 Å². The summed E-state index contributed by atoms with van der Waals surface area (Å²) in [6.45, 7) is 2.10. The van der Waals surface area contributed by atoms with Gasteiger partial charge in [0, 0.05) is 5.56 Å². The zero-order chi connectivity index (χ0) is 12.7. The van der Waals surface area contributed by atoms with Crippen LogP contribution in [0, 0.1) is 6.92 Å². The molecule has 0 saturated carbocycles. The van der Waals surface area contributed by atoms with Gasteiger partial charge < -0.3 is 5.73 Å². The van der Waals surface area contributed by atoms with Crippen molar-refractivity contribution < 1.29 is 0 Å². The quantitative estimate of drug-likeness (QED) is 0.709. The van der Waals surface area contributed by atoms with E-state index < -0.39 is 0 Å². The molecule has 3 rings (SSSR count). The van der Waals surface area contributed by atoms with Crippen LogP contribution in [0.2, 0.25) is 4.34 Å². The average Bonchev–Trinajstić information content (AvgIpc) is 2.69. The Hall–Kier alpha value is -1.58. The fraction of sp³-hybridized carbons (Fsp3) is 0.0714. The number of fused-ring (bicyclic) bond motifs is 1. The third-order valence-corrected chi connectivity index (χ3v) is 4.08. The summed E-state index contributed by atoms with van der Waals surface area (Å²) in [7, 11) is 0. The minimum atomic E-state index is 0.500. The molecule has 0 fully saturated rings. The summed E-state index contributed by atoms with van der Waals surface area (Å²) in [5.74, 6) is 0. The molecular formula is C14H11ClN2S. The van der Waals surface area contributed by atoms with Crippen molar-refractivity contribution in [3.63, 3.8) is 0 Å². The lowest BCUT2D eigenvalue weighted by atomic mass is 9.99. The van der Waals surface area contributed by atoms with Crippen LogP contribution in [0.4, 0.5) is 5.13 Å². The summed E-state index contributed by atoms with van der Waals surface area (Å²) in [6.07, 6.45) is 0. The Balaban J connectivity index is 2.37. The number of hydrogen-bond acceptors (Lipinski definition) is 3. The van der Waals surface area contributed by atoms with Gasteiger partial charge >= 0.3 is 0 Å². The van der Waals surface area contributed by atoms with Crippen molar-refractivity contribution in [1.82, 2.24) is 4.98 Å². The van der Waals surface area contributed by atoms with Crippen LogP contribution < -0.4 is 5.73 Å². The highest BCUT2D eigenvalue weighted by molar-refractivity contribution is 7.19. The van der Waals surface area contributed by atoms with Crippen molar-refractivity contribution >= 4 is 38.8 Å². The lowest BCUT2D eigenvalue weighted by molar-refractivity contribution is 1.41. The Kier molecular flexibility index (Phi) is 2.73. The van der Waals surface area contributed by atoms with Gasteiger partial charge in [0.2, 0.25) is 0 Å². The molecule has 0 spiro atoms. The predicted octanol–water partition coefficient (Wildman–Crippen LogP) is 4.51. The van der Waals surface area contributed by atoms with Gasteiger partial charge in [0.25, 0.3) is 0 Å². The number of aryl methyl sites for hydroxylation is 1. The normalized spacial score (nSPS) is 11.0. The standard InChI is InChI=1S/C14H11ClN2S/c1-8-6-7-11(10-5-3-2-4-9(8)10)12-13(15)18-14(16)17-12/h2-7H,1H3,(H2,16,17). The average molecular weight is 275 g/mol. The van der Waals surface area contributed by atoms with Gasteiger partial charge in [0.1, 0.15) is 10.0 Å². The molecule has 2 nitrogen and oxygen atoms in total. The number of aromatic nitrogens is 1. The van der Waals surface area contributed by atoms with Gasteiger partial charge in [-0.3, -0.25) is 0 Å². The van der Waals surface area contributed by atoms with Crippen LogP contribution in [0.15, 0.2) is 36.4 Å². The zero-order valence-electron chi connectivity index (χ0n) is 9.77. The van der Waals surface area contributed by atoms with E-state index in [4.69, 9.17) is 17.3 Å². The smallest absolute Gasteiger partial charge is 0.182 e. The molecule has 3 aromatic rings. The van der Waals surface area contributed by atoms with Gasteiger partial charge in [-0.05, 0) is 23.3 Å². The van der Waals surface area contributed by atoms with Crippen LogP contribution in [0.5, 0.6) is 0 Å². The van der Waals surface area contributed by atoms with Crippen molar-refractivity contribution in [1.29, 1.82) is 0 Å². The fourth-order valence-corrected chi connectivity index (χ4v) is 3.09. The molecule has 1 aromatic heterocycles. The summed E-state index contributed by atoms with van der Waals surface area (Å²) < 4.78 is 0.640. The first-order valence-electron chi connectivity index (χ1n) is 5.57. The van der Waals surface area contributed by atoms with Gasteiger partial charge in [-0.2, -0.15) is 0 Å². The Morgan fingerprint density at radius 2 is 1.83 bits per heavy atom. The first-order valence-corrected chi connectivity index (χ1v) is 6.77. The van der Waals surface area contributed by atoms with E-state index in [1.54, 1.807) is 0 Å². The predicted molar refractivity (Wildman–Crippen MR) is 79.2 cm³/mol. The molecule has 0 saturated heterocycles. The number of rotatable bonds is 1. The minimum Gasteiger partial charge on any atom is -0.375 e. The van der Waals surface area contributed by atoms with Gasteiger partial charge in [-0.25, -0.2) is 4.98 Å².